The van der Waals surface area contributed by atoms with Gasteiger partial charge in [0, 0.05) is 19.8 Å². The number of aliphatic imine (C=N–C) groups is 1. The zero-order valence-electron chi connectivity index (χ0n) is 10.6. The molecule has 0 atom stereocenters. The third-order valence-electron chi connectivity index (χ3n) is 2.06. The van der Waals surface area contributed by atoms with E-state index in [4.69, 9.17) is 0 Å². The minimum absolute atomic E-state index is 0. The Bertz CT molecular complexity index is 325. The molecule has 1 rings (SSSR count). The molecule has 0 fully saturated rings. The second kappa shape index (κ2) is 9.21. The summed E-state index contributed by atoms with van der Waals surface area (Å²) >= 11 is 0. The van der Waals surface area contributed by atoms with Crippen LogP contribution >= 0.6 is 24.0 Å². The van der Waals surface area contributed by atoms with Gasteiger partial charge in [0.1, 0.15) is 0 Å². The van der Waals surface area contributed by atoms with Crippen LogP contribution in [0.15, 0.2) is 29.4 Å². The van der Waals surface area contributed by atoms with Gasteiger partial charge in [0.25, 0.3) is 0 Å². The maximum Gasteiger partial charge on any atom is 0.191 e. The van der Waals surface area contributed by atoms with E-state index in [0.29, 0.717) is 12.5 Å². The van der Waals surface area contributed by atoms with Gasteiger partial charge in [-0.15, -0.1) is 24.0 Å². The van der Waals surface area contributed by atoms with E-state index in [1.165, 1.54) is 0 Å². The summed E-state index contributed by atoms with van der Waals surface area (Å²) in [6, 6.07) is 5.88. The molecule has 0 bridgehead atoms. The lowest BCUT2D eigenvalue weighted by Gasteiger charge is -2.12. The van der Waals surface area contributed by atoms with Gasteiger partial charge in [-0.1, -0.05) is 19.9 Å². The van der Waals surface area contributed by atoms with Gasteiger partial charge in [-0.25, -0.2) is 0 Å². The topological polar surface area (TPSA) is 49.3 Å². The van der Waals surface area contributed by atoms with Crippen molar-refractivity contribution in [3.63, 3.8) is 0 Å². The van der Waals surface area contributed by atoms with E-state index in [1.807, 2.05) is 18.2 Å². The van der Waals surface area contributed by atoms with Crippen molar-refractivity contribution < 1.29 is 0 Å². The number of guanidine groups is 1. The molecule has 17 heavy (non-hydrogen) atoms. The first kappa shape index (κ1) is 16.1. The quantitative estimate of drug-likeness (QED) is 0.497. The number of pyridine rings is 1. The minimum atomic E-state index is 0. The van der Waals surface area contributed by atoms with E-state index in [1.54, 1.807) is 13.2 Å². The summed E-state index contributed by atoms with van der Waals surface area (Å²) in [4.78, 5) is 8.38. The van der Waals surface area contributed by atoms with Gasteiger partial charge in [-0.2, -0.15) is 0 Å². The average Bonchev–Trinajstić information content (AvgIpc) is 2.30. The van der Waals surface area contributed by atoms with E-state index < -0.39 is 0 Å². The molecule has 5 heteroatoms. The average molecular weight is 348 g/mol. The molecule has 0 amide bonds. The molecular weight excluding hydrogens is 327 g/mol. The number of nitrogens with zero attached hydrogens (tertiary/aromatic N) is 2. The van der Waals surface area contributed by atoms with Crippen molar-refractivity contribution >= 4 is 29.9 Å². The Kier molecular flexibility index (Phi) is 8.75. The van der Waals surface area contributed by atoms with Crippen molar-refractivity contribution in [1.82, 2.24) is 15.6 Å². The second-order valence-electron chi connectivity index (χ2n) is 4.02. The molecule has 0 aromatic carbocycles. The molecule has 0 unspecified atom stereocenters. The zero-order chi connectivity index (χ0) is 11.8. The fraction of sp³-hybridized carbons (Fsp3) is 0.500. The first-order valence-electron chi connectivity index (χ1n) is 5.56. The van der Waals surface area contributed by atoms with Crippen molar-refractivity contribution in [2.24, 2.45) is 10.9 Å². The lowest BCUT2D eigenvalue weighted by molar-refractivity contribution is 0.614. The zero-order valence-corrected chi connectivity index (χ0v) is 12.9. The summed E-state index contributed by atoms with van der Waals surface area (Å²) in [6.07, 6.45) is 1.79. The molecular formula is C12H21IN4. The first-order chi connectivity index (χ1) is 7.72. The molecule has 0 saturated carbocycles. The Hall–Kier alpha value is -0.850. The predicted octanol–water partition coefficient (Wildman–Crippen LogP) is 2.02. The molecule has 0 spiro atoms. The highest BCUT2D eigenvalue weighted by atomic mass is 127. The van der Waals surface area contributed by atoms with Crippen LogP contribution in [-0.2, 0) is 6.54 Å². The fourth-order valence-electron chi connectivity index (χ4n) is 1.20. The molecule has 2 N–H and O–H groups in total. The van der Waals surface area contributed by atoms with Crippen molar-refractivity contribution in [2.45, 2.75) is 20.4 Å². The van der Waals surface area contributed by atoms with E-state index in [2.05, 4.69) is 34.5 Å². The molecule has 0 saturated heterocycles. The third-order valence-corrected chi connectivity index (χ3v) is 2.06. The van der Waals surface area contributed by atoms with Gasteiger partial charge in [0.05, 0.1) is 12.2 Å². The smallest absolute Gasteiger partial charge is 0.191 e. The maximum absolute atomic E-state index is 4.23. The molecule has 96 valence electrons. The molecule has 0 aliphatic rings. The van der Waals surface area contributed by atoms with Crippen LogP contribution in [0.2, 0.25) is 0 Å². The summed E-state index contributed by atoms with van der Waals surface area (Å²) in [6.45, 7) is 5.94. The molecule has 0 aliphatic carbocycles. The van der Waals surface area contributed by atoms with Crippen LogP contribution in [0, 0.1) is 5.92 Å². The summed E-state index contributed by atoms with van der Waals surface area (Å²) in [5, 5.41) is 6.47. The summed E-state index contributed by atoms with van der Waals surface area (Å²) in [7, 11) is 1.77. The number of hydrogen-bond donors (Lipinski definition) is 2. The highest BCUT2D eigenvalue weighted by molar-refractivity contribution is 14.0. The van der Waals surface area contributed by atoms with E-state index in [0.717, 1.165) is 18.2 Å². The van der Waals surface area contributed by atoms with Crippen LogP contribution in [-0.4, -0.2) is 24.5 Å². The Morgan fingerprint density at radius 2 is 2.12 bits per heavy atom. The first-order valence-corrected chi connectivity index (χ1v) is 5.56. The Morgan fingerprint density at radius 3 is 2.65 bits per heavy atom. The Morgan fingerprint density at radius 1 is 1.35 bits per heavy atom. The Balaban J connectivity index is 0.00000256. The second-order valence-corrected chi connectivity index (χ2v) is 4.02. The molecule has 1 aromatic rings. The summed E-state index contributed by atoms with van der Waals surface area (Å²) in [5.41, 5.74) is 1.01. The van der Waals surface area contributed by atoms with Gasteiger partial charge in [-0.3, -0.25) is 9.98 Å². The number of hydrogen-bond acceptors (Lipinski definition) is 2. The predicted molar refractivity (Wildman–Crippen MR) is 82.7 cm³/mol. The molecule has 4 nitrogen and oxygen atoms in total. The lowest BCUT2D eigenvalue weighted by Crippen LogP contribution is -2.38. The van der Waals surface area contributed by atoms with Crippen LogP contribution in [0.3, 0.4) is 0 Å². The van der Waals surface area contributed by atoms with Gasteiger partial charge in [-0.05, 0) is 18.1 Å². The van der Waals surface area contributed by atoms with Crippen LogP contribution < -0.4 is 10.6 Å². The number of rotatable bonds is 4. The SMILES string of the molecule is CN=C(NCc1ccccn1)NCC(C)C.I. The van der Waals surface area contributed by atoms with E-state index in [9.17, 15) is 0 Å². The molecule has 0 radical (unpaired) electrons. The highest BCUT2D eigenvalue weighted by Crippen LogP contribution is 1.92. The van der Waals surface area contributed by atoms with Gasteiger partial charge in [0.15, 0.2) is 5.96 Å². The van der Waals surface area contributed by atoms with Gasteiger partial charge in [0.2, 0.25) is 0 Å². The molecule has 1 heterocycles. The summed E-state index contributed by atoms with van der Waals surface area (Å²) < 4.78 is 0. The van der Waals surface area contributed by atoms with Crippen molar-refractivity contribution in [2.75, 3.05) is 13.6 Å². The largest absolute Gasteiger partial charge is 0.356 e. The van der Waals surface area contributed by atoms with Crippen LogP contribution in [0.25, 0.3) is 0 Å². The van der Waals surface area contributed by atoms with Crippen molar-refractivity contribution in [3.05, 3.63) is 30.1 Å². The monoisotopic (exact) mass is 348 g/mol. The van der Waals surface area contributed by atoms with Gasteiger partial charge < -0.3 is 10.6 Å². The number of halogens is 1. The van der Waals surface area contributed by atoms with Crippen LogP contribution in [0.4, 0.5) is 0 Å². The normalized spacial score (nSPS) is 10.9. The lowest BCUT2D eigenvalue weighted by atomic mass is 10.2. The van der Waals surface area contributed by atoms with Crippen molar-refractivity contribution in [1.29, 1.82) is 0 Å². The Labute approximate surface area is 120 Å². The van der Waals surface area contributed by atoms with Gasteiger partial charge >= 0.3 is 0 Å². The maximum atomic E-state index is 4.23. The third kappa shape index (κ3) is 7.14. The van der Waals surface area contributed by atoms with Crippen LogP contribution in [0.1, 0.15) is 19.5 Å². The van der Waals surface area contributed by atoms with E-state index in [-0.39, 0.29) is 24.0 Å². The number of aromatic nitrogens is 1. The fourth-order valence-corrected chi connectivity index (χ4v) is 1.20. The van der Waals surface area contributed by atoms with E-state index >= 15 is 0 Å². The molecule has 0 aliphatic heterocycles. The van der Waals surface area contributed by atoms with Crippen molar-refractivity contribution in [3.8, 4) is 0 Å². The van der Waals surface area contributed by atoms with Crippen LogP contribution in [0.5, 0.6) is 0 Å². The summed E-state index contributed by atoms with van der Waals surface area (Å²) in [5.74, 6) is 1.42. The highest BCUT2D eigenvalue weighted by Gasteiger charge is 1.99. The minimum Gasteiger partial charge on any atom is -0.356 e. The molecule has 1 aromatic heterocycles. The standard InChI is InChI=1S/C12H20N4.HI/c1-10(2)8-15-12(13-3)16-9-11-6-4-5-7-14-11;/h4-7,10H,8-9H2,1-3H3,(H2,13,15,16);1H. The number of nitrogens with one attached hydrogen (secondary N) is 2.